The molecular formula is C30H47F. The standard InChI is InChI=1S/C30H47F/c1-2-3-4-5-8-26-16-20-29(21-17-26)30-22-18-28(19-23-30)15-14-27-12-10-25(11-13-27)9-6-7-24-31/h7,16-17,20-21,24-25,27-28,30H,2-6,8-15,18-19,22-23H2,1H3/b24-7+. The molecule has 0 atom stereocenters. The molecule has 2 fully saturated rings. The predicted molar refractivity (Wildman–Crippen MR) is 133 cm³/mol. The van der Waals surface area contributed by atoms with E-state index in [2.05, 4.69) is 31.2 Å². The van der Waals surface area contributed by atoms with E-state index in [0.29, 0.717) is 6.33 Å². The average Bonchev–Trinajstić information content (AvgIpc) is 2.82. The van der Waals surface area contributed by atoms with Gasteiger partial charge in [-0.1, -0.05) is 95.1 Å². The second-order valence-electron chi connectivity index (χ2n) is 10.7. The van der Waals surface area contributed by atoms with Crippen molar-refractivity contribution in [2.45, 2.75) is 122 Å². The van der Waals surface area contributed by atoms with Crippen LogP contribution in [0, 0.1) is 17.8 Å². The van der Waals surface area contributed by atoms with E-state index < -0.39 is 0 Å². The van der Waals surface area contributed by atoms with Crippen molar-refractivity contribution < 1.29 is 4.39 Å². The lowest BCUT2D eigenvalue weighted by Crippen LogP contribution is -2.17. The maximum atomic E-state index is 12.1. The fourth-order valence-electron chi connectivity index (χ4n) is 6.17. The number of hydrogen-bond donors (Lipinski definition) is 0. The van der Waals surface area contributed by atoms with Gasteiger partial charge in [0.05, 0.1) is 6.33 Å². The molecule has 0 N–H and O–H groups in total. The van der Waals surface area contributed by atoms with E-state index in [1.54, 1.807) is 11.6 Å². The maximum Gasteiger partial charge on any atom is 0.0827 e. The van der Waals surface area contributed by atoms with Gasteiger partial charge in [-0.25, -0.2) is 4.39 Å². The number of halogens is 1. The lowest BCUT2D eigenvalue weighted by Gasteiger charge is -2.32. The summed E-state index contributed by atoms with van der Waals surface area (Å²) in [4.78, 5) is 0. The van der Waals surface area contributed by atoms with E-state index in [-0.39, 0.29) is 0 Å². The van der Waals surface area contributed by atoms with Crippen molar-refractivity contribution in [2.75, 3.05) is 0 Å². The van der Waals surface area contributed by atoms with E-state index in [1.165, 1.54) is 108 Å². The van der Waals surface area contributed by atoms with Crippen LogP contribution in [0.1, 0.15) is 127 Å². The van der Waals surface area contributed by atoms with Crippen LogP contribution in [0.2, 0.25) is 0 Å². The SMILES string of the molecule is CCCCCCc1ccc(C2CCC(CCC3CCC(CC/C=C/F)CC3)CC2)cc1. The van der Waals surface area contributed by atoms with Crippen LogP contribution in [0.4, 0.5) is 4.39 Å². The molecule has 2 aliphatic rings. The van der Waals surface area contributed by atoms with Crippen LogP contribution >= 0.6 is 0 Å². The first kappa shape index (κ1) is 24.5. The van der Waals surface area contributed by atoms with Gasteiger partial charge >= 0.3 is 0 Å². The summed E-state index contributed by atoms with van der Waals surface area (Å²) >= 11 is 0. The molecule has 0 heterocycles. The van der Waals surface area contributed by atoms with Crippen LogP contribution in [0.5, 0.6) is 0 Å². The minimum absolute atomic E-state index is 0.713. The maximum absolute atomic E-state index is 12.1. The molecule has 2 aliphatic carbocycles. The second-order valence-corrected chi connectivity index (χ2v) is 10.7. The lowest BCUT2D eigenvalue weighted by molar-refractivity contribution is 0.225. The van der Waals surface area contributed by atoms with Crippen LogP contribution in [0.3, 0.4) is 0 Å². The summed E-state index contributed by atoms with van der Waals surface area (Å²) in [6.45, 7) is 2.28. The Hall–Kier alpha value is -1.11. The highest BCUT2D eigenvalue weighted by atomic mass is 19.1. The van der Waals surface area contributed by atoms with Gasteiger partial charge in [0.15, 0.2) is 0 Å². The third-order valence-corrected chi connectivity index (χ3v) is 8.40. The van der Waals surface area contributed by atoms with E-state index in [1.807, 2.05) is 0 Å². The Kier molecular flexibility index (Phi) is 11.2. The van der Waals surface area contributed by atoms with E-state index >= 15 is 0 Å². The third kappa shape index (κ3) is 8.74. The first-order valence-electron chi connectivity index (χ1n) is 13.6. The van der Waals surface area contributed by atoms with Gasteiger partial charge in [0.2, 0.25) is 0 Å². The minimum atomic E-state index is 0.713. The van der Waals surface area contributed by atoms with Gasteiger partial charge in [-0.2, -0.15) is 0 Å². The Morgan fingerprint density at radius 2 is 1.32 bits per heavy atom. The van der Waals surface area contributed by atoms with Gasteiger partial charge < -0.3 is 0 Å². The molecular weight excluding hydrogens is 379 g/mol. The fourth-order valence-corrected chi connectivity index (χ4v) is 6.17. The van der Waals surface area contributed by atoms with Gasteiger partial charge in [0, 0.05) is 0 Å². The Morgan fingerprint density at radius 1 is 0.742 bits per heavy atom. The Balaban J connectivity index is 1.29. The molecule has 0 amide bonds. The van der Waals surface area contributed by atoms with Gasteiger partial charge in [-0.05, 0) is 86.2 Å². The number of benzene rings is 1. The molecule has 3 rings (SSSR count). The monoisotopic (exact) mass is 426 g/mol. The molecule has 1 aromatic rings. The van der Waals surface area contributed by atoms with Crippen LogP contribution in [0.25, 0.3) is 0 Å². The number of allylic oxidation sites excluding steroid dienone is 1. The molecule has 0 radical (unpaired) electrons. The van der Waals surface area contributed by atoms with Gasteiger partial charge in [-0.3, -0.25) is 0 Å². The normalized spacial score (nSPS) is 27.0. The van der Waals surface area contributed by atoms with E-state index in [9.17, 15) is 4.39 Å². The van der Waals surface area contributed by atoms with Crippen molar-refractivity contribution in [2.24, 2.45) is 17.8 Å². The highest BCUT2D eigenvalue weighted by Gasteiger charge is 2.25. The molecule has 31 heavy (non-hydrogen) atoms. The molecule has 0 bridgehead atoms. The highest BCUT2D eigenvalue weighted by molar-refractivity contribution is 5.26. The number of hydrogen-bond acceptors (Lipinski definition) is 0. The van der Waals surface area contributed by atoms with Crippen molar-refractivity contribution in [3.63, 3.8) is 0 Å². The van der Waals surface area contributed by atoms with Crippen molar-refractivity contribution in [1.29, 1.82) is 0 Å². The topological polar surface area (TPSA) is 0 Å². The molecule has 1 aromatic carbocycles. The summed E-state index contributed by atoms with van der Waals surface area (Å²) in [7, 11) is 0. The zero-order chi connectivity index (χ0) is 21.7. The number of unbranched alkanes of at least 4 members (excludes halogenated alkanes) is 3. The molecule has 174 valence electrons. The first-order valence-corrected chi connectivity index (χ1v) is 13.6. The van der Waals surface area contributed by atoms with Crippen molar-refractivity contribution >= 4 is 0 Å². The molecule has 0 saturated heterocycles. The van der Waals surface area contributed by atoms with Gasteiger partial charge in [0.1, 0.15) is 0 Å². The molecule has 0 nitrogen and oxygen atoms in total. The Morgan fingerprint density at radius 3 is 1.90 bits per heavy atom. The summed E-state index contributed by atoms with van der Waals surface area (Å²) in [6.07, 6.45) is 25.4. The minimum Gasteiger partial charge on any atom is -0.216 e. The van der Waals surface area contributed by atoms with Crippen LogP contribution in [-0.4, -0.2) is 0 Å². The zero-order valence-electron chi connectivity index (χ0n) is 20.2. The Bertz CT molecular complexity index is 600. The first-order chi connectivity index (χ1) is 15.3. The number of aryl methyl sites for hydroxylation is 1. The fraction of sp³-hybridized carbons (Fsp3) is 0.733. The average molecular weight is 427 g/mol. The number of rotatable bonds is 12. The van der Waals surface area contributed by atoms with Crippen LogP contribution in [-0.2, 0) is 6.42 Å². The third-order valence-electron chi connectivity index (χ3n) is 8.40. The summed E-state index contributed by atoms with van der Waals surface area (Å²) in [5, 5.41) is 0. The van der Waals surface area contributed by atoms with E-state index in [0.717, 1.165) is 30.1 Å². The molecule has 0 unspecified atom stereocenters. The smallest absolute Gasteiger partial charge is 0.0827 e. The Labute approximate surface area is 192 Å². The van der Waals surface area contributed by atoms with E-state index in [4.69, 9.17) is 0 Å². The zero-order valence-corrected chi connectivity index (χ0v) is 20.2. The van der Waals surface area contributed by atoms with Crippen molar-refractivity contribution in [3.8, 4) is 0 Å². The molecule has 0 spiro atoms. The highest BCUT2D eigenvalue weighted by Crippen LogP contribution is 2.40. The predicted octanol–water partition coefficient (Wildman–Crippen LogP) is 9.93. The lowest BCUT2D eigenvalue weighted by atomic mass is 9.74. The van der Waals surface area contributed by atoms with Gasteiger partial charge in [-0.15, -0.1) is 0 Å². The molecule has 1 heteroatoms. The quantitative estimate of drug-likeness (QED) is 0.292. The van der Waals surface area contributed by atoms with Gasteiger partial charge in [0.25, 0.3) is 0 Å². The molecule has 0 aromatic heterocycles. The summed E-state index contributed by atoms with van der Waals surface area (Å²) in [5.74, 6) is 3.60. The van der Waals surface area contributed by atoms with Crippen molar-refractivity contribution in [1.82, 2.24) is 0 Å². The summed E-state index contributed by atoms with van der Waals surface area (Å²) < 4.78 is 12.1. The molecule has 0 aliphatic heterocycles. The van der Waals surface area contributed by atoms with Crippen molar-refractivity contribution in [3.05, 3.63) is 47.8 Å². The molecule has 2 saturated carbocycles. The van der Waals surface area contributed by atoms with Crippen LogP contribution in [0.15, 0.2) is 36.7 Å². The summed E-state index contributed by atoms with van der Waals surface area (Å²) in [6, 6.07) is 9.67. The largest absolute Gasteiger partial charge is 0.216 e. The van der Waals surface area contributed by atoms with Crippen LogP contribution < -0.4 is 0 Å². The summed E-state index contributed by atoms with van der Waals surface area (Å²) in [5.41, 5.74) is 3.12. The second kappa shape index (κ2) is 14.1.